The van der Waals surface area contributed by atoms with E-state index in [0.29, 0.717) is 0 Å². The third kappa shape index (κ3) is 1.78. The molecule has 1 heteroatoms. The summed E-state index contributed by atoms with van der Waals surface area (Å²) in [6, 6.07) is 17.4. The fraction of sp³-hybridized carbons (Fsp3) is 0. The predicted octanol–water partition coefficient (Wildman–Crippen LogP) is 2.51. The molecule has 16 heavy (non-hydrogen) atoms. The Morgan fingerprint density at radius 1 is 0.750 bits per heavy atom. The van der Waals surface area contributed by atoms with Gasteiger partial charge in [0, 0.05) is 0 Å². The number of benzene rings is 2. The Morgan fingerprint density at radius 2 is 1.50 bits per heavy atom. The van der Waals surface area contributed by atoms with Gasteiger partial charge in [-0.3, -0.25) is 0 Å². The van der Waals surface area contributed by atoms with E-state index < -0.39 is 0 Å². The molecule has 3 rings (SSSR count). The SMILES string of the molecule is [CH]1=[Sb][c]2ccccc2-c2ccccc2/C=C\1. The van der Waals surface area contributed by atoms with Gasteiger partial charge in [0.2, 0.25) is 0 Å². The molecule has 0 bridgehead atoms. The van der Waals surface area contributed by atoms with Crippen molar-refractivity contribution in [3.05, 3.63) is 60.2 Å². The second-order valence-corrected chi connectivity index (χ2v) is 6.70. The van der Waals surface area contributed by atoms with Crippen LogP contribution in [0.5, 0.6) is 0 Å². The molecule has 0 nitrogen and oxygen atoms in total. The van der Waals surface area contributed by atoms with E-state index in [1.807, 2.05) is 0 Å². The molecule has 0 atom stereocenters. The van der Waals surface area contributed by atoms with Gasteiger partial charge in [-0.2, -0.15) is 0 Å². The van der Waals surface area contributed by atoms with Crippen LogP contribution in [-0.2, 0) is 0 Å². The Balaban J connectivity index is 2.34. The van der Waals surface area contributed by atoms with Crippen LogP contribution in [-0.4, -0.2) is 25.1 Å². The summed E-state index contributed by atoms with van der Waals surface area (Å²) in [6.07, 6.45) is 4.44. The van der Waals surface area contributed by atoms with E-state index in [1.165, 1.54) is 16.7 Å². The molecule has 0 amide bonds. The number of hydrogen-bond donors (Lipinski definition) is 0. The Bertz CT molecular complexity index is 526. The summed E-state index contributed by atoms with van der Waals surface area (Å²) in [5.41, 5.74) is 4.12. The molecule has 0 aliphatic carbocycles. The Hall–Kier alpha value is -1.13. The Labute approximate surface area is 106 Å². The fourth-order valence-corrected chi connectivity index (χ4v) is 4.37. The first-order valence-electron chi connectivity index (χ1n) is 5.34. The normalized spacial score (nSPS) is 14.5. The van der Waals surface area contributed by atoms with Gasteiger partial charge in [-0.15, -0.1) is 0 Å². The molecule has 0 saturated heterocycles. The molecular formula is C15H11Sb. The fourth-order valence-electron chi connectivity index (χ4n) is 1.97. The van der Waals surface area contributed by atoms with E-state index in [9.17, 15) is 0 Å². The van der Waals surface area contributed by atoms with Crippen LogP contribution in [0, 0.1) is 0 Å². The third-order valence-corrected chi connectivity index (χ3v) is 5.55. The van der Waals surface area contributed by atoms with Crippen LogP contribution in [0.1, 0.15) is 5.56 Å². The molecular weight excluding hydrogens is 302 g/mol. The minimum absolute atomic E-state index is 0.353. The second kappa shape index (κ2) is 4.39. The molecule has 1 aliphatic heterocycles. The molecule has 0 N–H and O–H groups in total. The molecule has 0 saturated carbocycles. The van der Waals surface area contributed by atoms with Crippen molar-refractivity contribution >= 4 is 34.7 Å². The first-order chi connectivity index (χ1) is 7.95. The molecule has 0 radical (unpaired) electrons. The van der Waals surface area contributed by atoms with E-state index in [0.717, 1.165) is 0 Å². The van der Waals surface area contributed by atoms with Crippen molar-refractivity contribution in [2.75, 3.05) is 0 Å². The monoisotopic (exact) mass is 312 g/mol. The van der Waals surface area contributed by atoms with Gasteiger partial charge in [0.25, 0.3) is 0 Å². The maximum absolute atomic E-state index is 2.37. The molecule has 76 valence electrons. The summed E-state index contributed by atoms with van der Waals surface area (Å²) in [4.78, 5) is 0. The zero-order chi connectivity index (χ0) is 10.8. The second-order valence-electron chi connectivity index (χ2n) is 3.74. The van der Waals surface area contributed by atoms with Crippen LogP contribution in [0.2, 0.25) is 0 Å². The van der Waals surface area contributed by atoms with Crippen LogP contribution in [0.25, 0.3) is 17.2 Å². The van der Waals surface area contributed by atoms with Gasteiger partial charge >= 0.3 is 106 Å². The van der Waals surface area contributed by atoms with Gasteiger partial charge in [-0.05, 0) is 0 Å². The van der Waals surface area contributed by atoms with E-state index >= 15 is 0 Å². The van der Waals surface area contributed by atoms with Crippen molar-refractivity contribution in [1.82, 2.24) is 0 Å². The molecule has 1 aliphatic rings. The van der Waals surface area contributed by atoms with Gasteiger partial charge in [-0.1, -0.05) is 0 Å². The van der Waals surface area contributed by atoms with Crippen LogP contribution in [0.15, 0.2) is 54.6 Å². The van der Waals surface area contributed by atoms with Gasteiger partial charge in [0.05, 0.1) is 0 Å². The maximum atomic E-state index is 2.37. The van der Waals surface area contributed by atoms with Crippen LogP contribution < -0.4 is 3.51 Å². The Kier molecular flexibility index (Phi) is 2.76. The van der Waals surface area contributed by atoms with Crippen molar-refractivity contribution in [1.29, 1.82) is 0 Å². The van der Waals surface area contributed by atoms with Gasteiger partial charge in [0.15, 0.2) is 0 Å². The standard InChI is InChI=1S/C15H11.Sb/c1-2-8-13-11-6-7-12-15(13)14-9-4-3-5-10-14;/h1-9,11-12H;/b8-2-;. The predicted molar refractivity (Wildman–Crippen MR) is 72.4 cm³/mol. The summed E-state index contributed by atoms with van der Waals surface area (Å²) in [5, 5.41) is 0. The van der Waals surface area contributed by atoms with Crippen molar-refractivity contribution in [2.45, 2.75) is 0 Å². The van der Waals surface area contributed by atoms with Gasteiger partial charge in [-0.25, -0.2) is 0 Å². The van der Waals surface area contributed by atoms with Crippen molar-refractivity contribution in [3.63, 3.8) is 0 Å². The van der Waals surface area contributed by atoms with E-state index in [4.69, 9.17) is 0 Å². The topological polar surface area (TPSA) is 0 Å². The summed E-state index contributed by atoms with van der Waals surface area (Å²) in [7, 11) is 0. The average Bonchev–Trinajstić information content (AvgIpc) is 2.33. The van der Waals surface area contributed by atoms with Crippen LogP contribution in [0.4, 0.5) is 0 Å². The summed E-state index contributed by atoms with van der Waals surface area (Å²) >= 11 is -0.353. The zero-order valence-corrected chi connectivity index (χ0v) is 11.4. The summed E-state index contributed by atoms with van der Waals surface area (Å²) in [5.74, 6) is 0. The average molecular weight is 313 g/mol. The van der Waals surface area contributed by atoms with Crippen LogP contribution >= 0.6 is 0 Å². The first-order valence-corrected chi connectivity index (χ1v) is 8.09. The van der Waals surface area contributed by atoms with Crippen molar-refractivity contribution in [3.8, 4) is 11.1 Å². The number of allylic oxidation sites excluding steroid dienone is 1. The number of hydrogen-bond acceptors (Lipinski definition) is 0. The van der Waals surface area contributed by atoms with Crippen molar-refractivity contribution in [2.24, 2.45) is 0 Å². The quantitative estimate of drug-likeness (QED) is 0.656. The summed E-state index contributed by atoms with van der Waals surface area (Å²) < 4.78 is 3.92. The molecule has 2 aromatic rings. The molecule has 0 unspecified atom stereocenters. The van der Waals surface area contributed by atoms with E-state index in [1.54, 1.807) is 3.51 Å². The first kappa shape index (κ1) is 10.0. The van der Waals surface area contributed by atoms with E-state index in [2.05, 4.69) is 64.6 Å². The van der Waals surface area contributed by atoms with Crippen LogP contribution in [0.3, 0.4) is 0 Å². The molecule has 0 aromatic heterocycles. The third-order valence-electron chi connectivity index (χ3n) is 2.73. The van der Waals surface area contributed by atoms with Gasteiger partial charge < -0.3 is 0 Å². The van der Waals surface area contributed by atoms with E-state index in [-0.39, 0.29) is 21.1 Å². The minimum atomic E-state index is -0.353. The number of fused-ring (bicyclic) bond motifs is 3. The summed E-state index contributed by atoms with van der Waals surface area (Å²) in [6.45, 7) is 0. The van der Waals surface area contributed by atoms with Crippen molar-refractivity contribution < 1.29 is 0 Å². The molecule has 0 fully saturated rings. The number of rotatable bonds is 0. The van der Waals surface area contributed by atoms with Gasteiger partial charge in [0.1, 0.15) is 0 Å². The molecule has 0 spiro atoms. The molecule has 1 heterocycles. The zero-order valence-electron chi connectivity index (χ0n) is 8.80. The molecule has 2 aromatic carbocycles. The Morgan fingerprint density at radius 3 is 2.44 bits per heavy atom.